The minimum atomic E-state index is -0.703. The average molecular weight is 329 g/mol. The summed E-state index contributed by atoms with van der Waals surface area (Å²) in [5.74, 6) is -0.0897. The summed E-state index contributed by atoms with van der Waals surface area (Å²) in [4.78, 5) is 12.6. The van der Waals surface area contributed by atoms with Crippen molar-refractivity contribution in [2.75, 3.05) is 0 Å². The van der Waals surface area contributed by atoms with E-state index in [9.17, 15) is 9.90 Å². The zero-order chi connectivity index (χ0) is 17.7. The number of nitrogens with zero attached hydrogens (tertiary/aromatic N) is 2. The van der Waals surface area contributed by atoms with Crippen LogP contribution < -0.4 is 5.32 Å². The van der Waals surface area contributed by atoms with Gasteiger partial charge in [0.2, 0.25) is 0 Å². The zero-order valence-electron chi connectivity index (χ0n) is 14.9. The fraction of sp³-hybridized carbons (Fsp3) is 0.474. The molecule has 0 aliphatic rings. The minimum Gasteiger partial charge on any atom is -0.390 e. The lowest BCUT2D eigenvalue weighted by atomic mass is 9.97. The van der Waals surface area contributed by atoms with Crippen LogP contribution in [0.1, 0.15) is 61.3 Å². The molecule has 1 unspecified atom stereocenters. The quantitative estimate of drug-likeness (QED) is 0.820. The van der Waals surface area contributed by atoms with Crippen molar-refractivity contribution in [3.05, 3.63) is 53.3 Å². The molecule has 2 aromatic rings. The minimum absolute atomic E-state index is 0.0648. The summed E-state index contributed by atoms with van der Waals surface area (Å²) in [6.45, 7) is 5.63. The lowest BCUT2D eigenvalue weighted by molar-refractivity contribution is 0.0714. The van der Waals surface area contributed by atoms with Gasteiger partial charge in [-0.3, -0.25) is 9.48 Å². The normalized spacial score (nSPS) is 12.9. The Kier molecular flexibility index (Phi) is 5.78. The van der Waals surface area contributed by atoms with Crippen molar-refractivity contribution >= 4 is 5.91 Å². The van der Waals surface area contributed by atoms with Gasteiger partial charge in [0.25, 0.3) is 5.91 Å². The highest BCUT2D eigenvalue weighted by Gasteiger charge is 2.17. The van der Waals surface area contributed by atoms with E-state index in [4.69, 9.17) is 0 Å². The Hall–Kier alpha value is -2.14. The number of hydrogen-bond donors (Lipinski definition) is 2. The number of amides is 1. The van der Waals surface area contributed by atoms with Gasteiger partial charge < -0.3 is 10.4 Å². The molecule has 0 aliphatic heterocycles. The van der Waals surface area contributed by atoms with Gasteiger partial charge in [0.1, 0.15) is 0 Å². The highest BCUT2D eigenvalue weighted by Crippen LogP contribution is 2.18. The number of benzene rings is 1. The van der Waals surface area contributed by atoms with Crippen molar-refractivity contribution in [3.63, 3.8) is 0 Å². The van der Waals surface area contributed by atoms with Crippen molar-refractivity contribution in [2.45, 2.75) is 51.7 Å². The smallest absolute Gasteiger partial charge is 0.251 e. The molecule has 0 saturated heterocycles. The molecule has 0 aliphatic carbocycles. The van der Waals surface area contributed by atoms with Crippen molar-refractivity contribution in [1.29, 1.82) is 0 Å². The van der Waals surface area contributed by atoms with E-state index in [0.29, 0.717) is 12.0 Å². The van der Waals surface area contributed by atoms with Gasteiger partial charge in [-0.25, -0.2) is 0 Å². The highest BCUT2D eigenvalue weighted by molar-refractivity contribution is 5.94. The maximum atomic E-state index is 12.6. The Bertz CT molecular complexity index is 686. The third kappa shape index (κ3) is 4.93. The van der Waals surface area contributed by atoms with Gasteiger partial charge in [0.15, 0.2) is 0 Å². The van der Waals surface area contributed by atoms with Crippen LogP contribution in [0, 0.1) is 0 Å². The van der Waals surface area contributed by atoms with Crippen molar-refractivity contribution in [2.24, 2.45) is 7.05 Å². The number of aromatic nitrogens is 2. The number of rotatable bonds is 7. The summed E-state index contributed by atoms with van der Waals surface area (Å²) in [5, 5.41) is 17.1. The van der Waals surface area contributed by atoms with Crippen LogP contribution in [0.4, 0.5) is 0 Å². The van der Waals surface area contributed by atoms with Crippen LogP contribution in [0.2, 0.25) is 0 Å². The molecule has 0 radical (unpaired) electrons. The first-order valence-corrected chi connectivity index (χ1v) is 8.40. The van der Waals surface area contributed by atoms with E-state index in [0.717, 1.165) is 24.1 Å². The molecule has 0 spiro atoms. The molecule has 0 saturated carbocycles. The lowest BCUT2D eigenvalue weighted by Crippen LogP contribution is -2.29. The Labute approximate surface area is 143 Å². The first-order chi connectivity index (χ1) is 11.3. The first-order valence-electron chi connectivity index (χ1n) is 8.40. The topological polar surface area (TPSA) is 67.2 Å². The van der Waals surface area contributed by atoms with E-state index in [1.54, 1.807) is 24.7 Å². The molecular weight excluding hydrogens is 302 g/mol. The van der Waals surface area contributed by atoms with E-state index in [2.05, 4.69) is 10.4 Å². The fourth-order valence-corrected chi connectivity index (χ4v) is 2.67. The van der Waals surface area contributed by atoms with E-state index >= 15 is 0 Å². The van der Waals surface area contributed by atoms with E-state index < -0.39 is 5.60 Å². The predicted molar refractivity (Wildman–Crippen MR) is 94.8 cm³/mol. The molecule has 1 atom stereocenters. The predicted octanol–water partition coefficient (Wildman–Crippen LogP) is 3.00. The first kappa shape index (κ1) is 18.2. The number of aryl methyl sites for hydroxylation is 2. The van der Waals surface area contributed by atoms with E-state index in [1.165, 1.54) is 0 Å². The van der Waals surface area contributed by atoms with Gasteiger partial charge in [0.05, 0.1) is 17.3 Å². The third-order valence-corrected chi connectivity index (χ3v) is 4.14. The zero-order valence-corrected chi connectivity index (χ0v) is 14.9. The van der Waals surface area contributed by atoms with Crippen LogP contribution in [0.15, 0.2) is 36.5 Å². The molecule has 24 heavy (non-hydrogen) atoms. The third-order valence-electron chi connectivity index (χ3n) is 4.14. The van der Waals surface area contributed by atoms with E-state index in [-0.39, 0.29) is 11.9 Å². The molecule has 0 fully saturated rings. The molecule has 2 rings (SSSR count). The largest absolute Gasteiger partial charge is 0.390 e. The Morgan fingerprint density at radius 3 is 2.71 bits per heavy atom. The molecule has 1 aromatic heterocycles. The number of nitrogens with one attached hydrogen (secondary N) is 1. The average Bonchev–Trinajstić information content (AvgIpc) is 2.96. The molecule has 5 nitrogen and oxygen atoms in total. The molecule has 1 amide bonds. The number of aliphatic hydroxyl groups is 1. The van der Waals surface area contributed by atoms with Crippen LogP contribution >= 0.6 is 0 Å². The SMILES string of the molecule is CCC(NC(=O)c1cccc(CCC(C)(C)O)c1)c1ccnn1C. The number of hydrogen-bond acceptors (Lipinski definition) is 3. The van der Waals surface area contributed by atoms with Crippen LogP contribution in [-0.2, 0) is 13.5 Å². The maximum Gasteiger partial charge on any atom is 0.251 e. The van der Waals surface area contributed by atoms with E-state index in [1.807, 2.05) is 44.3 Å². The standard InChI is InChI=1S/C19H27N3O2/c1-5-16(17-10-12-20-22(17)4)21-18(23)15-8-6-7-14(13-15)9-11-19(2,3)24/h6-8,10,12-13,16,24H,5,9,11H2,1-4H3,(H,21,23). The van der Waals surface area contributed by atoms with Crippen LogP contribution in [0.5, 0.6) is 0 Å². The summed E-state index contributed by atoms with van der Waals surface area (Å²) < 4.78 is 1.79. The van der Waals surface area contributed by atoms with Crippen molar-refractivity contribution in [1.82, 2.24) is 15.1 Å². The molecule has 5 heteroatoms. The summed E-state index contributed by atoms with van der Waals surface area (Å²) in [7, 11) is 1.88. The number of carbonyl (C=O) groups excluding carboxylic acids is 1. The molecule has 1 heterocycles. The lowest BCUT2D eigenvalue weighted by Gasteiger charge is -2.18. The Balaban J connectivity index is 2.08. The van der Waals surface area contributed by atoms with Gasteiger partial charge in [-0.2, -0.15) is 5.10 Å². The monoisotopic (exact) mass is 329 g/mol. The van der Waals surface area contributed by atoms with Gasteiger partial charge in [-0.15, -0.1) is 0 Å². The fourth-order valence-electron chi connectivity index (χ4n) is 2.67. The second-order valence-corrected chi connectivity index (χ2v) is 6.83. The summed E-state index contributed by atoms with van der Waals surface area (Å²) in [6.07, 6.45) is 3.93. The molecular formula is C19H27N3O2. The Morgan fingerprint density at radius 1 is 1.38 bits per heavy atom. The summed E-state index contributed by atoms with van der Waals surface area (Å²) in [5.41, 5.74) is 1.98. The molecule has 0 bridgehead atoms. The van der Waals surface area contributed by atoms with Crippen molar-refractivity contribution < 1.29 is 9.90 Å². The molecule has 2 N–H and O–H groups in total. The Morgan fingerprint density at radius 2 is 2.12 bits per heavy atom. The van der Waals surface area contributed by atoms with Gasteiger partial charge in [-0.05, 0) is 56.9 Å². The summed E-state index contributed by atoms with van der Waals surface area (Å²) in [6, 6.07) is 9.45. The van der Waals surface area contributed by atoms with Crippen LogP contribution in [-0.4, -0.2) is 26.4 Å². The van der Waals surface area contributed by atoms with Gasteiger partial charge in [-0.1, -0.05) is 19.1 Å². The van der Waals surface area contributed by atoms with Gasteiger partial charge >= 0.3 is 0 Å². The number of carbonyl (C=O) groups is 1. The van der Waals surface area contributed by atoms with Crippen molar-refractivity contribution in [3.8, 4) is 0 Å². The van der Waals surface area contributed by atoms with Gasteiger partial charge in [0, 0.05) is 18.8 Å². The molecule has 130 valence electrons. The van der Waals surface area contributed by atoms with Crippen LogP contribution in [0.3, 0.4) is 0 Å². The maximum absolute atomic E-state index is 12.6. The molecule has 1 aromatic carbocycles. The second-order valence-electron chi connectivity index (χ2n) is 6.83. The second kappa shape index (κ2) is 7.62. The highest BCUT2D eigenvalue weighted by atomic mass is 16.3. The summed E-state index contributed by atoms with van der Waals surface area (Å²) >= 11 is 0. The van der Waals surface area contributed by atoms with Crippen LogP contribution in [0.25, 0.3) is 0 Å².